The zero-order valence-corrected chi connectivity index (χ0v) is 17.8. The van der Waals surface area contributed by atoms with Crippen molar-refractivity contribution in [3.63, 3.8) is 0 Å². The van der Waals surface area contributed by atoms with Crippen molar-refractivity contribution in [2.45, 2.75) is 26.2 Å². The van der Waals surface area contributed by atoms with Gasteiger partial charge in [0.15, 0.2) is 5.78 Å². The minimum Gasteiger partial charge on any atom is -0.457 e. The van der Waals surface area contributed by atoms with Crippen LogP contribution in [0.2, 0.25) is 0 Å². The molecule has 1 aromatic rings. The Labute approximate surface area is 182 Å². The molecule has 1 atom stereocenters. The van der Waals surface area contributed by atoms with Gasteiger partial charge >= 0.3 is 5.90 Å². The number of hydrogen-bond acceptors (Lipinski definition) is 4. The van der Waals surface area contributed by atoms with Crippen molar-refractivity contribution >= 4 is 23.3 Å². The van der Waals surface area contributed by atoms with Crippen molar-refractivity contribution in [1.82, 2.24) is 4.90 Å². The molecule has 1 saturated heterocycles. The number of benzene rings is 1. The van der Waals surface area contributed by atoms with Gasteiger partial charge in [-0.05, 0) is 48.2 Å². The minimum atomic E-state index is -0.293. The van der Waals surface area contributed by atoms with E-state index in [1.54, 1.807) is 18.2 Å². The smallest absolute Gasteiger partial charge is 0.405 e. The van der Waals surface area contributed by atoms with E-state index in [4.69, 9.17) is 5.21 Å². The predicted octanol–water partition coefficient (Wildman–Crippen LogP) is 1.80. The highest BCUT2D eigenvalue weighted by molar-refractivity contribution is 5.96. The Morgan fingerprint density at radius 3 is 2.45 bits per heavy atom. The van der Waals surface area contributed by atoms with Crippen molar-refractivity contribution in [1.29, 1.82) is 0 Å². The van der Waals surface area contributed by atoms with Gasteiger partial charge in [-0.1, -0.05) is 29.9 Å². The van der Waals surface area contributed by atoms with E-state index < -0.39 is 0 Å². The normalized spacial score (nSPS) is 19.6. The summed E-state index contributed by atoms with van der Waals surface area (Å²) in [5.74, 6) is 0.100. The molecule has 7 heteroatoms. The number of ketones is 1. The van der Waals surface area contributed by atoms with Gasteiger partial charge in [-0.25, -0.2) is 0 Å². The van der Waals surface area contributed by atoms with Gasteiger partial charge in [0.05, 0.1) is 6.08 Å². The van der Waals surface area contributed by atoms with Gasteiger partial charge in [0.1, 0.15) is 0 Å². The number of allylic oxidation sites excluding steroid dienone is 5. The van der Waals surface area contributed by atoms with E-state index in [2.05, 4.69) is 11.0 Å². The number of anilines is 1. The van der Waals surface area contributed by atoms with Crippen LogP contribution in [0, 0.1) is 5.92 Å². The molecule has 1 fully saturated rings. The summed E-state index contributed by atoms with van der Waals surface area (Å²) in [4.78, 5) is 28.1. The van der Waals surface area contributed by atoms with Crippen molar-refractivity contribution in [2.75, 3.05) is 31.1 Å². The molecule has 3 rings (SSSR count). The number of amides is 1. The Balaban J connectivity index is 1.46. The van der Waals surface area contributed by atoms with E-state index in [9.17, 15) is 14.7 Å². The molecule has 1 aliphatic heterocycles. The van der Waals surface area contributed by atoms with Gasteiger partial charge in [0, 0.05) is 50.8 Å². The summed E-state index contributed by atoms with van der Waals surface area (Å²) in [5, 5.41) is 19.4. The van der Waals surface area contributed by atoms with E-state index in [-0.39, 0.29) is 23.5 Å². The quantitative estimate of drug-likeness (QED) is 0.204. The van der Waals surface area contributed by atoms with E-state index in [1.165, 1.54) is 6.08 Å². The van der Waals surface area contributed by atoms with E-state index in [1.807, 2.05) is 41.3 Å². The monoisotopic (exact) mass is 424 g/mol. The highest BCUT2D eigenvalue weighted by Gasteiger charge is 2.19. The number of nitrogens with one attached hydrogen (secondary N) is 1. The molecule has 1 aromatic carbocycles. The van der Waals surface area contributed by atoms with Gasteiger partial charge in [-0.2, -0.15) is 0 Å². The summed E-state index contributed by atoms with van der Waals surface area (Å²) in [5.41, 5.74) is 2.93. The number of hydrogen-bond donors (Lipinski definition) is 3. The molecule has 7 nitrogen and oxygen atoms in total. The molecule has 0 radical (unpaired) electrons. The lowest BCUT2D eigenvalue weighted by Crippen LogP contribution is -2.68. The van der Waals surface area contributed by atoms with Crippen LogP contribution in [0.5, 0.6) is 0 Å². The van der Waals surface area contributed by atoms with Crippen LogP contribution in [0.15, 0.2) is 60.2 Å². The first-order valence-corrected chi connectivity index (χ1v) is 10.6. The average Bonchev–Trinajstić information content (AvgIpc) is 2.81. The largest absolute Gasteiger partial charge is 0.457 e. The van der Waals surface area contributed by atoms with Gasteiger partial charge < -0.3 is 14.9 Å². The maximum absolute atomic E-state index is 12.6. The number of carbonyl (C=O) groups excluding carboxylic acids is 2. The zero-order valence-electron chi connectivity index (χ0n) is 17.8. The summed E-state index contributed by atoms with van der Waals surface area (Å²) >= 11 is 0. The van der Waals surface area contributed by atoms with Crippen LogP contribution in [0.25, 0.3) is 0 Å². The number of carbonyl (C=O) groups is 2. The lowest BCUT2D eigenvalue weighted by molar-refractivity contribution is -0.741. The fourth-order valence-corrected chi connectivity index (χ4v) is 3.80. The molecular formula is C24H30N3O4+. The third-order valence-corrected chi connectivity index (χ3v) is 5.75. The average molecular weight is 425 g/mol. The third kappa shape index (κ3) is 6.31. The number of aliphatic hydroxyl groups is 1. The topological polar surface area (TPSA) is 95.1 Å². The van der Waals surface area contributed by atoms with Crippen LogP contribution in [-0.2, 0) is 4.79 Å². The van der Waals surface area contributed by atoms with Crippen LogP contribution < -0.4 is 10.1 Å². The van der Waals surface area contributed by atoms with Crippen molar-refractivity contribution in [3.05, 3.63) is 65.8 Å². The second kappa shape index (κ2) is 10.6. The molecule has 0 bridgehead atoms. The fraction of sp³-hybridized carbons (Fsp3) is 0.375. The van der Waals surface area contributed by atoms with Crippen LogP contribution in [0.3, 0.4) is 0 Å². The molecule has 1 unspecified atom stereocenters. The molecule has 31 heavy (non-hydrogen) atoms. The van der Waals surface area contributed by atoms with E-state index in [0.717, 1.165) is 49.4 Å². The molecule has 0 aromatic heterocycles. The fourth-order valence-electron chi connectivity index (χ4n) is 3.80. The van der Waals surface area contributed by atoms with E-state index >= 15 is 0 Å². The second-order valence-corrected chi connectivity index (χ2v) is 7.86. The summed E-state index contributed by atoms with van der Waals surface area (Å²) in [6, 6.07) is 7.75. The lowest BCUT2D eigenvalue weighted by Gasteiger charge is -2.35. The maximum Gasteiger partial charge on any atom is 0.405 e. The van der Waals surface area contributed by atoms with Crippen molar-refractivity contribution in [2.24, 2.45) is 5.92 Å². The Hall–Kier alpha value is -3.35. The molecule has 3 N–H and O–H groups in total. The van der Waals surface area contributed by atoms with Crippen molar-refractivity contribution in [3.8, 4) is 0 Å². The number of nitrogens with zero attached hydrogens (tertiary/aromatic N) is 2. The molecule has 1 heterocycles. The van der Waals surface area contributed by atoms with E-state index in [0.29, 0.717) is 12.8 Å². The van der Waals surface area contributed by atoms with Crippen LogP contribution >= 0.6 is 0 Å². The van der Waals surface area contributed by atoms with Crippen LogP contribution in [0.4, 0.5) is 5.69 Å². The Morgan fingerprint density at radius 2 is 1.87 bits per heavy atom. The molecule has 0 spiro atoms. The standard InChI is InChI=1S/C24H29N3O4/c1-18(28)26-14-16-27(17-15-26)22-10-8-21(9-11-22)23(29)12-6-19-2-4-20(5-3-19)7-13-24(30)25-31/h2-4,7-11,13,20,31H,5-6,12,14-17H2,1H3,(H,25,30)/p+1/b13-7+. The van der Waals surface area contributed by atoms with Crippen LogP contribution in [-0.4, -0.2) is 59.0 Å². The van der Waals surface area contributed by atoms with Gasteiger partial charge in [0.25, 0.3) is 0 Å². The Bertz CT molecular complexity index is 907. The first-order chi connectivity index (χ1) is 15.0. The molecule has 1 amide bonds. The predicted molar refractivity (Wildman–Crippen MR) is 119 cm³/mol. The molecule has 164 valence electrons. The first-order valence-electron chi connectivity index (χ1n) is 10.6. The highest BCUT2D eigenvalue weighted by atomic mass is 16.5. The third-order valence-electron chi connectivity index (χ3n) is 5.75. The number of aliphatic hydroxyl groups excluding tert-OH is 1. The first kappa shape index (κ1) is 22.3. The molecule has 1 aliphatic carbocycles. The van der Waals surface area contributed by atoms with Crippen LogP contribution in [0.1, 0.15) is 36.5 Å². The Kier molecular flexibility index (Phi) is 7.65. The van der Waals surface area contributed by atoms with Gasteiger partial charge in [0.2, 0.25) is 5.91 Å². The lowest BCUT2D eigenvalue weighted by atomic mass is 9.93. The zero-order chi connectivity index (χ0) is 22.2. The van der Waals surface area contributed by atoms with Gasteiger partial charge in [-0.3, -0.25) is 14.8 Å². The number of Topliss-reactive ketones (excluding diaryl/α,β-unsaturated/α-hetero) is 1. The summed E-state index contributed by atoms with van der Waals surface area (Å²) in [6.07, 6.45) is 11.3. The summed E-state index contributed by atoms with van der Waals surface area (Å²) in [7, 11) is 0. The Morgan fingerprint density at radius 1 is 1.16 bits per heavy atom. The summed E-state index contributed by atoms with van der Waals surface area (Å²) in [6.45, 7) is 4.67. The van der Waals surface area contributed by atoms with Crippen molar-refractivity contribution < 1.29 is 25.1 Å². The molecular weight excluding hydrogens is 394 g/mol. The molecule has 0 saturated carbocycles. The number of piperazine rings is 1. The summed E-state index contributed by atoms with van der Waals surface area (Å²) < 4.78 is 0. The minimum absolute atomic E-state index is 0.118. The second-order valence-electron chi connectivity index (χ2n) is 7.86. The maximum atomic E-state index is 12.6. The molecule has 2 aliphatic rings. The SMILES string of the molecule is CC(=O)N1CCN(c2ccc(C(=O)CCC3=CCC(/C=C/C(O)=[NH+]O)C=C3)cc2)CC1. The van der Waals surface area contributed by atoms with Gasteiger partial charge in [-0.15, -0.1) is 0 Å². The number of rotatable bonds is 7. The highest BCUT2D eigenvalue weighted by Crippen LogP contribution is 2.22.